The highest BCUT2D eigenvalue weighted by Gasteiger charge is 2.23. The summed E-state index contributed by atoms with van der Waals surface area (Å²) in [4.78, 5) is 20.3. The predicted octanol–water partition coefficient (Wildman–Crippen LogP) is 4.54. The molecule has 0 bridgehead atoms. The normalized spacial score (nSPS) is 13.8. The van der Waals surface area contributed by atoms with Crippen LogP contribution in [0.2, 0.25) is 0 Å². The number of fused-ring (bicyclic) bond motifs is 2. The third-order valence-corrected chi connectivity index (χ3v) is 6.50. The van der Waals surface area contributed by atoms with Gasteiger partial charge in [-0.25, -0.2) is 9.37 Å². The Morgan fingerprint density at radius 1 is 1.17 bits per heavy atom. The minimum Gasteiger partial charge on any atom is -0.493 e. The summed E-state index contributed by atoms with van der Waals surface area (Å²) in [6, 6.07) is 10.3. The molecule has 0 fully saturated rings. The average Bonchev–Trinajstić information content (AvgIpc) is 3.30. The van der Waals surface area contributed by atoms with Gasteiger partial charge in [0, 0.05) is 29.4 Å². The molecule has 36 heavy (non-hydrogen) atoms. The van der Waals surface area contributed by atoms with Gasteiger partial charge in [-0.2, -0.15) is 5.10 Å². The first-order chi connectivity index (χ1) is 17.5. The van der Waals surface area contributed by atoms with E-state index in [0.717, 1.165) is 23.9 Å². The van der Waals surface area contributed by atoms with Crippen LogP contribution in [0.1, 0.15) is 47.8 Å². The third kappa shape index (κ3) is 5.00. The molecule has 3 aromatic heterocycles. The maximum atomic E-state index is 14.3. The maximum absolute atomic E-state index is 14.3. The van der Waals surface area contributed by atoms with Gasteiger partial charge in [0.25, 0.3) is 0 Å². The molecular formula is C27H27FN4O4. The fourth-order valence-corrected chi connectivity index (χ4v) is 4.69. The van der Waals surface area contributed by atoms with Crippen LogP contribution >= 0.6 is 0 Å². The lowest BCUT2D eigenvalue weighted by molar-refractivity contribution is -0.137. The molecule has 0 saturated heterocycles. The molecule has 1 aliphatic rings. The van der Waals surface area contributed by atoms with E-state index in [-0.39, 0.29) is 12.3 Å². The Hall–Kier alpha value is -4.01. The molecular weight excluding hydrogens is 463 g/mol. The number of carboxylic acid groups (broad SMARTS) is 1. The van der Waals surface area contributed by atoms with Crippen molar-refractivity contribution in [3.8, 4) is 11.6 Å². The molecule has 0 spiro atoms. The molecule has 1 unspecified atom stereocenters. The van der Waals surface area contributed by atoms with Crippen LogP contribution in [0.4, 0.5) is 4.39 Å². The summed E-state index contributed by atoms with van der Waals surface area (Å²) in [7, 11) is 1.32. The van der Waals surface area contributed by atoms with Crippen molar-refractivity contribution < 1.29 is 23.8 Å². The number of pyridine rings is 2. The summed E-state index contributed by atoms with van der Waals surface area (Å²) in [5.74, 6) is -1.15. The van der Waals surface area contributed by atoms with E-state index in [1.54, 1.807) is 10.9 Å². The second-order valence-corrected chi connectivity index (χ2v) is 8.90. The lowest BCUT2D eigenvalue weighted by Gasteiger charge is -2.18. The van der Waals surface area contributed by atoms with E-state index in [2.05, 4.69) is 22.2 Å². The number of aliphatic carboxylic acids is 1. The van der Waals surface area contributed by atoms with Crippen molar-refractivity contribution in [3.05, 3.63) is 77.1 Å². The molecule has 1 aliphatic carbocycles. The number of methoxy groups -OCH3 is 1. The number of ether oxygens (including phenoxy) is 2. The van der Waals surface area contributed by atoms with E-state index < -0.39 is 17.8 Å². The number of hydrogen-bond acceptors (Lipinski definition) is 6. The van der Waals surface area contributed by atoms with E-state index in [1.165, 1.54) is 43.5 Å². The molecule has 5 rings (SSSR count). The van der Waals surface area contributed by atoms with Crippen molar-refractivity contribution in [2.45, 2.75) is 44.6 Å². The van der Waals surface area contributed by atoms with E-state index in [0.29, 0.717) is 29.9 Å². The molecule has 3 heterocycles. The van der Waals surface area contributed by atoms with Gasteiger partial charge in [-0.3, -0.25) is 14.5 Å². The lowest BCUT2D eigenvalue weighted by atomic mass is 9.96. The highest BCUT2D eigenvalue weighted by Crippen LogP contribution is 2.30. The second-order valence-electron chi connectivity index (χ2n) is 8.90. The Labute approximate surface area is 207 Å². The van der Waals surface area contributed by atoms with Crippen LogP contribution < -0.4 is 9.47 Å². The SMILES string of the molecule is COc1ncc(C(CC(=O)O)n2ncc3cc(OCCc4ccc5c(n4)CCCC5)ccc32)cc1F. The van der Waals surface area contributed by atoms with E-state index in [1.807, 2.05) is 18.2 Å². The van der Waals surface area contributed by atoms with Gasteiger partial charge in [0.05, 0.1) is 37.9 Å². The van der Waals surface area contributed by atoms with Gasteiger partial charge in [0.1, 0.15) is 5.75 Å². The quantitative estimate of drug-likeness (QED) is 0.368. The first kappa shape index (κ1) is 23.7. The van der Waals surface area contributed by atoms with Crippen LogP contribution in [0.3, 0.4) is 0 Å². The summed E-state index contributed by atoms with van der Waals surface area (Å²) >= 11 is 0. The Balaban J connectivity index is 1.32. The van der Waals surface area contributed by atoms with Crippen molar-refractivity contribution in [1.82, 2.24) is 19.7 Å². The third-order valence-electron chi connectivity index (χ3n) is 6.50. The van der Waals surface area contributed by atoms with Crippen molar-refractivity contribution >= 4 is 16.9 Å². The fourth-order valence-electron chi connectivity index (χ4n) is 4.69. The largest absolute Gasteiger partial charge is 0.493 e. The Morgan fingerprint density at radius 3 is 2.83 bits per heavy atom. The topological polar surface area (TPSA) is 99.4 Å². The molecule has 4 aromatic rings. The van der Waals surface area contributed by atoms with E-state index in [4.69, 9.17) is 14.5 Å². The summed E-state index contributed by atoms with van der Waals surface area (Å²) in [5.41, 5.74) is 4.71. The number of rotatable bonds is 9. The van der Waals surface area contributed by atoms with Crippen LogP contribution in [0.5, 0.6) is 11.6 Å². The number of hydrogen-bond donors (Lipinski definition) is 1. The Kier molecular flexibility index (Phi) is 6.79. The van der Waals surface area contributed by atoms with Crippen LogP contribution in [0.15, 0.2) is 48.8 Å². The molecule has 0 saturated carbocycles. The van der Waals surface area contributed by atoms with Gasteiger partial charge in [0.2, 0.25) is 5.88 Å². The van der Waals surface area contributed by atoms with Crippen molar-refractivity contribution in [3.63, 3.8) is 0 Å². The van der Waals surface area contributed by atoms with Gasteiger partial charge in [0.15, 0.2) is 5.82 Å². The zero-order valence-corrected chi connectivity index (χ0v) is 20.0. The zero-order chi connectivity index (χ0) is 25.1. The van der Waals surface area contributed by atoms with Gasteiger partial charge in [-0.1, -0.05) is 6.07 Å². The smallest absolute Gasteiger partial charge is 0.305 e. The number of halogens is 1. The Bertz CT molecular complexity index is 1400. The molecule has 1 aromatic carbocycles. The van der Waals surface area contributed by atoms with Gasteiger partial charge < -0.3 is 14.6 Å². The zero-order valence-electron chi connectivity index (χ0n) is 20.0. The maximum Gasteiger partial charge on any atom is 0.305 e. The Morgan fingerprint density at radius 2 is 2.03 bits per heavy atom. The molecule has 1 atom stereocenters. The number of carbonyl (C=O) groups is 1. The predicted molar refractivity (Wildman–Crippen MR) is 131 cm³/mol. The van der Waals surface area contributed by atoms with Gasteiger partial charge in [-0.15, -0.1) is 0 Å². The van der Waals surface area contributed by atoms with Crippen molar-refractivity contribution in [2.24, 2.45) is 0 Å². The minimum absolute atomic E-state index is 0.148. The molecule has 9 heteroatoms. The van der Waals surface area contributed by atoms with Gasteiger partial charge in [-0.05, 0) is 67.1 Å². The van der Waals surface area contributed by atoms with Gasteiger partial charge >= 0.3 is 5.97 Å². The second kappa shape index (κ2) is 10.3. The van der Waals surface area contributed by atoms with E-state index in [9.17, 15) is 14.3 Å². The van der Waals surface area contributed by atoms with E-state index >= 15 is 0 Å². The number of aromatic nitrogens is 4. The number of aryl methyl sites for hydroxylation is 2. The monoisotopic (exact) mass is 490 g/mol. The number of benzene rings is 1. The van der Waals surface area contributed by atoms with Crippen molar-refractivity contribution in [1.29, 1.82) is 0 Å². The molecule has 0 aliphatic heterocycles. The number of carboxylic acids is 1. The summed E-state index contributed by atoms with van der Waals surface area (Å²) in [5, 5.41) is 14.7. The molecule has 0 amide bonds. The number of nitrogens with zero attached hydrogens (tertiary/aromatic N) is 4. The molecule has 1 N–H and O–H groups in total. The van der Waals surface area contributed by atoms with Crippen LogP contribution in [-0.4, -0.2) is 44.5 Å². The first-order valence-electron chi connectivity index (χ1n) is 12.0. The highest BCUT2D eigenvalue weighted by atomic mass is 19.1. The molecule has 8 nitrogen and oxygen atoms in total. The summed E-state index contributed by atoms with van der Waals surface area (Å²) in [6.45, 7) is 0.490. The molecule has 186 valence electrons. The van der Waals surface area contributed by atoms with Crippen molar-refractivity contribution in [2.75, 3.05) is 13.7 Å². The fraction of sp³-hybridized carbons (Fsp3) is 0.333. The minimum atomic E-state index is -1.03. The molecule has 0 radical (unpaired) electrons. The summed E-state index contributed by atoms with van der Waals surface area (Å²) < 4.78 is 26.7. The highest BCUT2D eigenvalue weighted by molar-refractivity contribution is 5.81. The standard InChI is InChI=1S/C27H27FN4O4/c1-35-27-22(28)13-19(15-29-27)25(14-26(33)34)32-24-9-8-21(12-18(24)16-30-32)36-11-10-20-7-6-17-4-2-3-5-23(17)31-20/h6-9,12-13,15-16,25H,2-5,10-11,14H2,1H3,(H,33,34). The first-order valence-corrected chi connectivity index (χ1v) is 12.0. The van der Waals surface area contributed by atoms with Crippen LogP contribution in [0.25, 0.3) is 10.9 Å². The average molecular weight is 491 g/mol. The lowest BCUT2D eigenvalue weighted by Crippen LogP contribution is -2.17. The summed E-state index contributed by atoms with van der Waals surface area (Å²) in [6.07, 6.45) is 8.09. The van der Waals surface area contributed by atoms with Crippen LogP contribution in [-0.2, 0) is 24.1 Å². The van der Waals surface area contributed by atoms with Crippen LogP contribution in [0, 0.1) is 5.82 Å².